The fourth-order valence-corrected chi connectivity index (χ4v) is 2.18. The summed E-state index contributed by atoms with van der Waals surface area (Å²) in [7, 11) is -3.29. The van der Waals surface area contributed by atoms with Crippen molar-refractivity contribution in [3.05, 3.63) is 29.8 Å². The Morgan fingerprint density at radius 1 is 1.40 bits per heavy atom. The molecule has 1 amide bonds. The molecule has 0 heterocycles. The van der Waals surface area contributed by atoms with Gasteiger partial charge in [0, 0.05) is 11.8 Å². The van der Waals surface area contributed by atoms with Crippen LogP contribution in [-0.2, 0) is 9.84 Å². The van der Waals surface area contributed by atoms with Crippen LogP contribution in [0, 0.1) is 0 Å². The van der Waals surface area contributed by atoms with E-state index in [4.69, 9.17) is 10.9 Å². The second-order valence-corrected chi connectivity index (χ2v) is 6.27. The van der Waals surface area contributed by atoms with Crippen molar-refractivity contribution in [2.75, 3.05) is 6.26 Å². The average molecular weight is 299 g/mol. The van der Waals surface area contributed by atoms with E-state index in [1.165, 1.54) is 24.3 Å². The fraction of sp³-hybridized carbons (Fsp3) is 0.333. The van der Waals surface area contributed by atoms with Gasteiger partial charge < -0.3 is 16.3 Å². The van der Waals surface area contributed by atoms with Gasteiger partial charge in [0.1, 0.15) is 0 Å². The Morgan fingerprint density at radius 2 is 1.95 bits per heavy atom. The SMILES string of the molecule is CCC(NC(=O)c1ccc(S(C)(=O)=O)cc1)/C(N)=N/O. The molecule has 1 unspecified atom stereocenters. The second-order valence-electron chi connectivity index (χ2n) is 4.26. The number of carbonyl (C=O) groups is 1. The normalized spacial score (nSPS) is 13.8. The van der Waals surface area contributed by atoms with Gasteiger partial charge in [0.05, 0.1) is 10.9 Å². The molecule has 0 aliphatic carbocycles. The zero-order valence-corrected chi connectivity index (χ0v) is 12.0. The third kappa shape index (κ3) is 3.95. The van der Waals surface area contributed by atoms with Gasteiger partial charge in [0.2, 0.25) is 0 Å². The Bertz CT molecular complexity index is 608. The van der Waals surface area contributed by atoms with Crippen LogP contribution in [0.25, 0.3) is 0 Å². The monoisotopic (exact) mass is 299 g/mol. The largest absolute Gasteiger partial charge is 0.409 e. The Morgan fingerprint density at radius 3 is 2.35 bits per heavy atom. The third-order valence-electron chi connectivity index (χ3n) is 2.73. The van der Waals surface area contributed by atoms with Crippen molar-refractivity contribution in [1.82, 2.24) is 5.32 Å². The van der Waals surface area contributed by atoms with Crippen molar-refractivity contribution in [1.29, 1.82) is 0 Å². The molecule has 1 aromatic carbocycles. The highest BCUT2D eigenvalue weighted by atomic mass is 32.2. The lowest BCUT2D eigenvalue weighted by atomic mass is 10.1. The van der Waals surface area contributed by atoms with E-state index in [2.05, 4.69) is 10.5 Å². The van der Waals surface area contributed by atoms with E-state index in [9.17, 15) is 13.2 Å². The number of nitrogens with one attached hydrogen (secondary N) is 1. The first-order chi connectivity index (χ1) is 9.29. The molecule has 1 atom stereocenters. The zero-order chi connectivity index (χ0) is 15.3. The smallest absolute Gasteiger partial charge is 0.251 e. The molecule has 0 aromatic heterocycles. The van der Waals surface area contributed by atoms with Crippen LogP contribution in [0.15, 0.2) is 34.3 Å². The number of nitrogens with zero attached hydrogens (tertiary/aromatic N) is 1. The molecule has 1 aromatic rings. The molecule has 20 heavy (non-hydrogen) atoms. The lowest BCUT2D eigenvalue weighted by molar-refractivity contribution is 0.0945. The first kappa shape index (κ1) is 16.0. The highest BCUT2D eigenvalue weighted by molar-refractivity contribution is 7.90. The Labute approximate surface area is 117 Å². The lowest BCUT2D eigenvalue weighted by Gasteiger charge is -2.15. The summed E-state index contributed by atoms with van der Waals surface area (Å²) in [6.07, 6.45) is 1.55. The number of nitrogens with two attached hydrogens (primary N) is 1. The molecule has 1 rings (SSSR count). The Kier molecular flexibility index (Phi) is 5.09. The van der Waals surface area contributed by atoms with Crippen LogP contribution in [0.4, 0.5) is 0 Å². The summed E-state index contributed by atoms with van der Waals surface area (Å²) in [6.45, 7) is 1.77. The van der Waals surface area contributed by atoms with Gasteiger partial charge in [-0.1, -0.05) is 12.1 Å². The topological polar surface area (TPSA) is 122 Å². The average Bonchev–Trinajstić information content (AvgIpc) is 2.42. The van der Waals surface area contributed by atoms with E-state index in [1.807, 2.05) is 0 Å². The summed E-state index contributed by atoms with van der Waals surface area (Å²) in [5.74, 6) is -0.517. The van der Waals surface area contributed by atoms with Crippen molar-refractivity contribution in [2.45, 2.75) is 24.3 Å². The molecule has 7 nitrogen and oxygen atoms in total. The Balaban J connectivity index is 2.88. The van der Waals surface area contributed by atoms with Gasteiger partial charge in [-0.3, -0.25) is 4.79 Å². The van der Waals surface area contributed by atoms with Crippen molar-refractivity contribution in [3.8, 4) is 0 Å². The second kappa shape index (κ2) is 6.38. The molecular formula is C12H17N3O4S. The van der Waals surface area contributed by atoms with E-state index in [-0.39, 0.29) is 10.7 Å². The Hall–Kier alpha value is -2.09. The van der Waals surface area contributed by atoms with Gasteiger partial charge in [0.25, 0.3) is 5.91 Å². The van der Waals surface area contributed by atoms with Crippen LogP contribution in [0.5, 0.6) is 0 Å². The van der Waals surface area contributed by atoms with Crippen LogP contribution in [0.3, 0.4) is 0 Å². The minimum atomic E-state index is -3.29. The summed E-state index contributed by atoms with van der Waals surface area (Å²) in [5, 5.41) is 14.0. The molecule has 110 valence electrons. The molecule has 0 aliphatic rings. The van der Waals surface area contributed by atoms with E-state index in [0.29, 0.717) is 12.0 Å². The summed E-state index contributed by atoms with van der Waals surface area (Å²) < 4.78 is 22.6. The van der Waals surface area contributed by atoms with Gasteiger partial charge in [-0.2, -0.15) is 0 Å². The zero-order valence-electron chi connectivity index (χ0n) is 11.2. The number of oxime groups is 1. The van der Waals surface area contributed by atoms with Crippen LogP contribution in [-0.4, -0.2) is 37.7 Å². The standard InChI is InChI=1S/C12H17N3O4S/c1-3-10(11(13)15-17)14-12(16)8-4-6-9(7-5-8)20(2,18)19/h4-7,10,17H,3H2,1-2H3,(H2,13,15)(H,14,16). The summed E-state index contributed by atoms with van der Waals surface area (Å²) in [4.78, 5) is 12.1. The van der Waals surface area contributed by atoms with Crippen molar-refractivity contribution in [3.63, 3.8) is 0 Å². The number of amidine groups is 1. The number of carbonyl (C=O) groups excluding carboxylic acids is 1. The molecule has 0 saturated heterocycles. The molecule has 0 bridgehead atoms. The first-order valence-corrected chi connectivity index (χ1v) is 7.77. The number of sulfone groups is 1. The summed E-state index contributed by atoms with van der Waals surface area (Å²) in [5.41, 5.74) is 5.73. The molecule has 0 spiro atoms. The van der Waals surface area contributed by atoms with Crippen molar-refractivity contribution in [2.24, 2.45) is 10.9 Å². The highest BCUT2D eigenvalue weighted by Crippen LogP contribution is 2.10. The maximum Gasteiger partial charge on any atom is 0.251 e. The van der Waals surface area contributed by atoms with Gasteiger partial charge >= 0.3 is 0 Å². The number of rotatable bonds is 5. The number of hydrogen-bond donors (Lipinski definition) is 3. The van der Waals surface area contributed by atoms with Crippen molar-refractivity contribution < 1.29 is 18.4 Å². The van der Waals surface area contributed by atoms with E-state index >= 15 is 0 Å². The number of hydrogen-bond acceptors (Lipinski definition) is 5. The quantitative estimate of drug-likeness (QED) is 0.313. The third-order valence-corrected chi connectivity index (χ3v) is 3.86. The molecule has 0 fully saturated rings. The molecule has 0 radical (unpaired) electrons. The molecular weight excluding hydrogens is 282 g/mol. The van der Waals surface area contributed by atoms with Crippen molar-refractivity contribution >= 4 is 21.6 Å². The van der Waals surface area contributed by atoms with Gasteiger partial charge in [-0.15, -0.1) is 0 Å². The van der Waals surface area contributed by atoms with Gasteiger partial charge in [0.15, 0.2) is 15.7 Å². The van der Waals surface area contributed by atoms with Crippen LogP contribution < -0.4 is 11.1 Å². The maximum absolute atomic E-state index is 11.9. The van der Waals surface area contributed by atoms with Crippen LogP contribution in [0.2, 0.25) is 0 Å². The predicted octanol–water partition coefficient (Wildman–Crippen LogP) is 0.345. The molecule has 0 saturated carbocycles. The molecule has 8 heteroatoms. The molecule has 0 aliphatic heterocycles. The first-order valence-electron chi connectivity index (χ1n) is 5.88. The summed E-state index contributed by atoms with van der Waals surface area (Å²) >= 11 is 0. The van der Waals surface area contributed by atoms with Gasteiger partial charge in [-0.05, 0) is 30.7 Å². The highest BCUT2D eigenvalue weighted by Gasteiger charge is 2.16. The van der Waals surface area contributed by atoms with Gasteiger partial charge in [-0.25, -0.2) is 8.42 Å². The summed E-state index contributed by atoms with van der Waals surface area (Å²) in [6, 6.07) is 4.95. The van der Waals surface area contributed by atoms with E-state index in [0.717, 1.165) is 6.26 Å². The molecule has 4 N–H and O–H groups in total. The van der Waals surface area contributed by atoms with E-state index < -0.39 is 21.8 Å². The fourth-order valence-electron chi connectivity index (χ4n) is 1.55. The van der Waals surface area contributed by atoms with Crippen LogP contribution >= 0.6 is 0 Å². The minimum absolute atomic E-state index is 0.0893. The minimum Gasteiger partial charge on any atom is -0.409 e. The van der Waals surface area contributed by atoms with Crippen LogP contribution in [0.1, 0.15) is 23.7 Å². The number of amides is 1. The van der Waals surface area contributed by atoms with E-state index in [1.54, 1.807) is 6.92 Å². The number of benzene rings is 1. The lowest BCUT2D eigenvalue weighted by Crippen LogP contribution is -2.44. The maximum atomic E-state index is 11.9. The predicted molar refractivity (Wildman–Crippen MR) is 74.5 cm³/mol.